The SMILES string of the molecule is CC(=O)c1ccc(NC(=O)[C@@H](C)Nc2ccc(-c3ccccc3)cc2)cc1. The molecule has 0 saturated carbocycles. The molecule has 0 saturated heterocycles. The molecule has 1 atom stereocenters. The number of hydrogen-bond acceptors (Lipinski definition) is 3. The molecule has 27 heavy (non-hydrogen) atoms. The van der Waals surface area contributed by atoms with Crippen LogP contribution in [0.15, 0.2) is 78.9 Å². The summed E-state index contributed by atoms with van der Waals surface area (Å²) in [6.07, 6.45) is 0. The smallest absolute Gasteiger partial charge is 0.246 e. The van der Waals surface area contributed by atoms with Crippen LogP contribution < -0.4 is 10.6 Å². The second-order valence-corrected chi connectivity index (χ2v) is 6.43. The highest BCUT2D eigenvalue weighted by atomic mass is 16.2. The van der Waals surface area contributed by atoms with Crippen LogP contribution >= 0.6 is 0 Å². The molecule has 3 aromatic rings. The second-order valence-electron chi connectivity index (χ2n) is 6.43. The standard InChI is InChI=1S/C23H22N2O2/c1-16(23(27)25-22-12-8-18(9-13-22)17(2)26)24-21-14-10-20(11-15-21)19-6-4-3-5-7-19/h3-16,24H,1-2H3,(H,25,27)/t16-/m1/s1. The van der Waals surface area contributed by atoms with Gasteiger partial charge in [-0.1, -0.05) is 42.5 Å². The van der Waals surface area contributed by atoms with E-state index in [4.69, 9.17) is 0 Å². The molecule has 0 aliphatic rings. The number of nitrogens with one attached hydrogen (secondary N) is 2. The molecule has 1 amide bonds. The first-order valence-corrected chi connectivity index (χ1v) is 8.87. The number of amides is 1. The third-order valence-electron chi connectivity index (χ3n) is 4.33. The molecule has 0 aromatic heterocycles. The Morgan fingerprint density at radius 1 is 0.741 bits per heavy atom. The Morgan fingerprint density at radius 3 is 1.89 bits per heavy atom. The lowest BCUT2D eigenvalue weighted by molar-refractivity contribution is -0.116. The van der Waals surface area contributed by atoms with Crippen molar-refractivity contribution < 1.29 is 9.59 Å². The van der Waals surface area contributed by atoms with E-state index in [1.54, 1.807) is 24.3 Å². The average Bonchev–Trinajstić information content (AvgIpc) is 2.69. The largest absolute Gasteiger partial charge is 0.374 e. The number of benzene rings is 3. The van der Waals surface area contributed by atoms with E-state index >= 15 is 0 Å². The monoisotopic (exact) mass is 358 g/mol. The van der Waals surface area contributed by atoms with Crippen LogP contribution in [0.1, 0.15) is 24.2 Å². The van der Waals surface area contributed by atoms with Crippen LogP contribution in [0.5, 0.6) is 0 Å². The molecule has 0 heterocycles. The number of rotatable bonds is 6. The highest BCUT2D eigenvalue weighted by molar-refractivity contribution is 5.98. The Labute approximate surface area is 159 Å². The van der Waals surface area contributed by atoms with Gasteiger partial charge in [0.15, 0.2) is 5.78 Å². The van der Waals surface area contributed by atoms with Crippen molar-refractivity contribution in [3.8, 4) is 11.1 Å². The average molecular weight is 358 g/mol. The van der Waals surface area contributed by atoms with Gasteiger partial charge < -0.3 is 10.6 Å². The fraction of sp³-hybridized carbons (Fsp3) is 0.130. The zero-order valence-corrected chi connectivity index (χ0v) is 15.4. The molecule has 3 aromatic carbocycles. The van der Waals surface area contributed by atoms with Gasteiger partial charge in [0.05, 0.1) is 0 Å². The minimum atomic E-state index is -0.403. The maximum atomic E-state index is 12.4. The van der Waals surface area contributed by atoms with E-state index in [0.717, 1.165) is 16.8 Å². The van der Waals surface area contributed by atoms with Crippen LogP contribution in [0.4, 0.5) is 11.4 Å². The quantitative estimate of drug-likeness (QED) is 0.610. The summed E-state index contributed by atoms with van der Waals surface area (Å²) >= 11 is 0. The van der Waals surface area contributed by atoms with E-state index in [1.165, 1.54) is 6.92 Å². The summed E-state index contributed by atoms with van der Waals surface area (Å²) in [5.74, 6) is -0.139. The van der Waals surface area contributed by atoms with E-state index in [0.29, 0.717) is 11.3 Å². The van der Waals surface area contributed by atoms with E-state index in [2.05, 4.69) is 22.8 Å². The van der Waals surface area contributed by atoms with E-state index < -0.39 is 6.04 Å². The molecule has 4 nitrogen and oxygen atoms in total. The summed E-state index contributed by atoms with van der Waals surface area (Å²) in [5.41, 5.74) is 4.45. The maximum absolute atomic E-state index is 12.4. The predicted molar refractivity (Wildman–Crippen MR) is 110 cm³/mol. The van der Waals surface area contributed by atoms with Crippen LogP contribution in [0.3, 0.4) is 0 Å². The lowest BCUT2D eigenvalue weighted by atomic mass is 10.1. The van der Waals surface area contributed by atoms with Crippen molar-refractivity contribution in [3.63, 3.8) is 0 Å². The van der Waals surface area contributed by atoms with Crippen LogP contribution in [0.25, 0.3) is 11.1 Å². The molecular weight excluding hydrogens is 336 g/mol. The maximum Gasteiger partial charge on any atom is 0.246 e. The molecule has 0 unspecified atom stereocenters. The predicted octanol–water partition coefficient (Wildman–Crippen LogP) is 5.00. The molecule has 0 bridgehead atoms. The van der Waals surface area contributed by atoms with Crippen molar-refractivity contribution in [3.05, 3.63) is 84.4 Å². The van der Waals surface area contributed by atoms with Gasteiger partial charge in [-0.3, -0.25) is 9.59 Å². The molecular formula is C23H22N2O2. The Kier molecular flexibility index (Phi) is 5.67. The zero-order chi connectivity index (χ0) is 19.2. The molecule has 136 valence electrons. The Hall–Kier alpha value is -3.40. The summed E-state index contributed by atoms with van der Waals surface area (Å²) in [5, 5.41) is 6.06. The number of carbonyl (C=O) groups is 2. The number of ketones is 1. The van der Waals surface area contributed by atoms with E-state index in [-0.39, 0.29) is 11.7 Å². The molecule has 3 rings (SSSR count). The minimum absolute atomic E-state index is 0.00172. The third-order valence-corrected chi connectivity index (χ3v) is 4.33. The van der Waals surface area contributed by atoms with Crippen LogP contribution in [-0.2, 0) is 4.79 Å². The van der Waals surface area contributed by atoms with Crippen molar-refractivity contribution >= 4 is 23.1 Å². The fourth-order valence-corrected chi connectivity index (χ4v) is 2.74. The third kappa shape index (κ3) is 4.82. The molecule has 0 aliphatic carbocycles. The first kappa shape index (κ1) is 18.4. The van der Waals surface area contributed by atoms with Crippen molar-refractivity contribution in [1.82, 2.24) is 0 Å². The fourth-order valence-electron chi connectivity index (χ4n) is 2.74. The van der Waals surface area contributed by atoms with Crippen LogP contribution in [0, 0.1) is 0 Å². The number of carbonyl (C=O) groups excluding carboxylic acids is 2. The van der Waals surface area contributed by atoms with E-state index in [1.807, 2.05) is 49.4 Å². The molecule has 0 spiro atoms. The van der Waals surface area contributed by atoms with Gasteiger partial charge in [-0.15, -0.1) is 0 Å². The molecule has 0 radical (unpaired) electrons. The van der Waals surface area contributed by atoms with Crippen LogP contribution in [-0.4, -0.2) is 17.7 Å². The van der Waals surface area contributed by atoms with Crippen molar-refractivity contribution in [2.45, 2.75) is 19.9 Å². The van der Waals surface area contributed by atoms with Crippen molar-refractivity contribution in [1.29, 1.82) is 0 Å². The lowest BCUT2D eigenvalue weighted by Gasteiger charge is -2.16. The van der Waals surface area contributed by atoms with Gasteiger partial charge in [0.2, 0.25) is 5.91 Å². The molecule has 2 N–H and O–H groups in total. The normalized spacial score (nSPS) is 11.5. The molecule has 0 fully saturated rings. The van der Waals surface area contributed by atoms with Crippen molar-refractivity contribution in [2.24, 2.45) is 0 Å². The summed E-state index contributed by atoms with van der Waals surface area (Å²) in [7, 11) is 0. The molecule has 0 aliphatic heterocycles. The first-order chi connectivity index (χ1) is 13.0. The van der Waals surface area contributed by atoms with Gasteiger partial charge in [0.1, 0.15) is 6.04 Å². The summed E-state index contributed by atoms with van der Waals surface area (Å²) in [6, 6.07) is 24.6. The van der Waals surface area contributed by atoms with Gasteiger partial charge in [-0.25, -0.2) is 0 Å². The van der Waals surface area contributed by atoms with Gasteiger partial charge in [-0.05, 0) is 61.4 Å². The Bertz CT molecular complexity index is 917. The summed E-state index contributed by atoms with van der Waals surface area (Å²) in [6.45, 7) is 3.33. The highest BCUT2D eigenvalue weighted by Crippen LogP contribution is 2.21. The summed E-state index contributed by atoms with van der Waals surface area (Å²) in [4.78, 5) is 23.7. The van der Waals surface area contributed by atoms with Gasteiger partial charge in [0, 0.05) is 16.9 Å². The van der Waals surface area contributed by atoms with Gasteiger partial charge in [0.25, 0.3) is 0 Å². The Balaban J connectivity index is 1.60. The van der Waals surface area contributed by atoms with Crippen molar-refractivity contribution in [2.75, 3.05) is 10.6 Å². The van der Waals surface area contributed by atoms with Crippen LogP contribution in [0.2, 0.25) is 0 Å². The zero-order valence-electron chi connectivity index (χ0n) is 15.4. The summed E-state index contributed by atoms with van der Waals surface area (Å²) < 4.78 is 0. The van der Waals surface area contributed by atoms with E-state index in [9.17, 15) is 9.59 Å². The minimum Gasteiger partial charge on any atom is -0.374 e. The number of anilines is 2. The first-order valence-electron chi connectivity index (χ1n) is 8.87. The number of Topliss-reactive ketones (excluding diaryl/α,β-unsaturated/α-hetero) is 1. The second kappa shape index (κ2) is 8.32. The Morgan fingerprint density at radius 2 is 1.30 bits per heavy atom. The number of hydrogen-bond donors (Lipinski definition) is 2. The lowest BCUT2D eigenvalue weighted by Crippen LogP contribution is -2.31. The van der Waals surface area contributed by atoms with Gasteiger partial charge >= 0.3 is 0 Å². The topological polar surface area (TPSA) is 58.2 Å². The molecule has 4 heteroatoms. The van der Waals surface area contributed by atoms with Gasteiger partial charge in [-0.2, -0.15) is 0 Å². The highest BCUT2D eigenvalue weighted by Gasteiger charge is 2.13.